The Morgan fingerprint density at radius 3 is 1.45 bits per heavy atom. The van der Waals surface area contributed by atoms with Gasteiger partial charge in [-0.1, -0.05) is 0 Å². The number of carboxylic acids is 1. The first-order valence-corrected chi connectivity index (χ1v) is 1.49. The summed E-state index contributed by atoms with van der Waals surface area (Å²) < 4.78 is 0. The van der Waals surface area contributed by atoms with Gasteiger partial charge >= 0.3 is 0 Å². The van der Waals surface area contributed by atoms with E-state index in [1.165, 1.54) is 0 Å². The zero-order valence-corrected chi connectivity index (χ0v) is 7.78. The number of halogens is 1. The molecule has 0 aromatic rings. The Balaban J connectivity index is -0.0000000171. The molecule has 0 rings (SSSR count). The largest absolute Gasteiger partial charge is 0.481 e. The Kier molecular flexibility index (Phi) is 62.5. The molecule has 0 heterocycles. The zero-order chi connectivity index (χ0) is 7.15. The van der Waals surface area contributed by atoms with E-state index in [0.717, 1.165) is 6.92 Å². The third-order valence-electron chi connectivity index (χ3n) is 0. The van der Waals surface area contributed by atoms with Gasteiger partial charge in [-0.2, -0.15) is 0 Å². The fourth-order valence-corrected chi connectivity index (χ4v) is 0. The molecule has 0 aliphatic rings. The minimum atomic E-state index is -1.50. The molecular formula is C2H6ClCu2NO5. The van der Waals surface area contributed by atoms with Crippen LogP contribution in [0.4, 0.5) is 0 Å². The van der Waals surface area contributed by atoms with E-state index in [1.54, 1.807) is 0 Å². The molecule has 0 aliphatic carbocycles. The summed E-state index contributed by atoms with van der Waals surface area (Å²) in [6.45, 7) is 1.08. The summed E-state index contributed by atoms with van der Waals surface area (Å²) in [5.74, 6) is -0.833. The van der Waals surface area contributed by atoms with Crippen molar-refractivity contribution in [2.75, 3.05) is 0 Å². The van der Waals surface area contributed by atoms with E-state index in [9.17, 15) is 0 Å². The van der Waals surface area contributed by atoms with E-state index in [2.05, 4.69) is 0 Å². The number of carboxylic acid groups (broad SMARTS) is 1. The Hall–Kier alpha value is -0.00104. The summed E-state index contributed by atoms with van der Waals surface area (Å²) >= 11 is 0. The monoisotopic (exact) mass is 285 g/mol. The van der Waals surface area contributed by atoms with Gasteiger partial charge in [-0.05, 0) is 0 Å². The SMILES string of the molecule is CC(=O)O.Cl.O=[N+]([O-])O.[Cu].[Cu]. The molecule has 0 bridgehead atoms. The van der Waals surface area contributed by atoms with Gasteiger partial charge < -0.3 is 10.3 Å². The molecule has 0 spiro atoms. The van der Waals surface area contributed by atoms with Crippen molar-refractivity contribution in [1.29, 1.82) is 0 Å². The van der Waals surface area contributed by atoms with Crippen LogP contribution in [0, 0.1) is 10.1 Å². The van der Waals surface area contributed by atoms with Gasteiger partial charge in [-0.3, -0.25) is 4.79 Å². The second-order valence-corrected chi connectivity index (χ2v) is 0.757. The number of carbonyl (C=O) groups is 1. The fraction of sp³-hybridized carbons (Fsp3) is 0.500. The van der Waals surface area contributed by atoms with Crippen molar-refractivity contribution in [3.8, 4) is 0 Å². The summed E-state index contributed by atoms with van der Waals surface area (Å²) in [5.41, 5.74) is 0. The van der Waals surface area contributed by atoms with Gasteiger partial charge in [-0.15, -0.1) is 22.5 Å². The van der Waals surface area contributed by atoms with Gasteiger partial charge in [0.25, 0.3) is 11.1 Å². The van der Waals surface area contributed by atoms with Crippen molar-refractivity contribution >= 4 is 18.4 Å². The summed E-state index contributed by atoms with van der Waals surface area (Å²) in [4.78, 5) is 17.4. The molecule has 0 fully saturated rings. The molecule has 0 saturated heterocycles. The molecule has 0 atom stereocenters. The fourth-order valence-electron chi connectivity index (χ4n) is 0. The van der Waals surface area contributed by atoms with Gasteiger partial charge in [-0.25, -0.2) is 0 Å². The standard InChI is InChI=1S/C2H4O2.ClH.2Cu.HNO3/c1-2(3)4;;;;2-1(3)4/h1H3,(H,3,4);1H;;;(H,2,3,4). The zero-order valence-electron chi connectivity index (χ0n) is 5.08. The van der Waals surface area contributed by atoms with Crippen LogP contribution >= 0.6 is 12.4 Å². The van der Waals surface area contributed by atoms with Crippen LogP contribution in [0.15, 0.2) is 0 Å². The maximum Gasteiger partial charge on any atom is 0.300 e. The molecule has 0 aromatic heterocycles. The Morgan fingerprint density at radius 2 is 1.45 bits per heavy atom. The van der Waals surface area contributed by atoms with Crippen LogP contribution in [0.2, 0.25) is 0 Å². The predicted octanol–water partition coefficient (Wildman–Crippen LogP) is 0.160. The van der Waals surface area contributed by atoms with E-state index in [1.807, 2.05) is 0 Å². The molecule has 0 aliphatic heterocycles. The van der Waals surface area contributed by atoms with E-state index < -0.39 is 11.1 Å². The molecule has 0 amide bonds. The molecule has 0 unspecified atom stereocenters. The Labute approximate surface area is 89.8 Å². The van der Waals surface area contributed by atoms with Gasteiger partial charge in [0.15, 0.2) is 0 Å². The molecule has 2 N–H and O–H groups in total. The van der Waals surface area contributed by atoms with Gasteiger partial charge in [0, 0.05) is 41.1 Å². The molecule has 9 heteroatoms. The molecule has 6 nitrogen and oxygen atoms in total. The molecular weight excluding hydrogens is 281 g/mol. The Bertz CT molecular complexity index is 80.5. The van der Waals surface area contributed by atoms with Crippen LogP contribution in [0.3, 0.4) is 0 Å². The number of aliphatic carboxylic acids is 1. The minimum Gasteiger partial charge on any atom is -0.481 e. The first-order chi connectivity index (χ1) is 3.46. The minimum absolute atomic E-state index is 0. The van der Waals surface area contributed by atoms with Crippen molar-refractivity contribution in [2.24, 2.45) is 0 Å². The summed E-state index contributed by atoms with van der Waals surface area (Å²) in [5, 5.41) is 21.1. The van der Waals surface area contributed by atoms with Crippen LogP contribution in [-0.4, -0.2) is 21.4 Å². The van der Waals surface area contributed by atoms with Crippen LogP contribution in [0.1, 0.15) is 6.92 Å². The third kappa shape index (κ3) is 593000000. The van der Waals surface area contributed by atoms with E-state index >= 15 is 0 Å². The van der Waals surface area contributed by atoms with Crippen LogP contribution in [0.5, 0.6) is 0 Å². The first kappa shape index (κ1) is 30.6. The number of nitrogens with zero attached hydrogens (tertiary/aromatic N) is 1. The third-order valence-corrected chi connectivity index (χ3v) is 0. The van der Waals surface area contributed by atoms with Crippen LogP contribution in [-0.2, 0) is 38.9 Å². The number of hydrogen-bond donors (Lipinski definition) is 2. The average molecular weight is 287 g/mol. The molecule has 0 aromatic carbocycles. The van der Waals surface area contributed by atoms with Crippen molar-refractivity contribution in [2.45, 2.75) is 6.92 Å². The predicted molar refractivity (Wildman–Crippen MR) is 29.3 cm³/mol. The van der Waals surface area contributed by atoms with E-state index in [4.69, 9.17) is 25.2 Å². The molecule has 0 saturated carbocycles. The second kappa shape index (κ2) is 22.5. The van der Waals surface area contributed by atoms with Crippen molar-refractivity contribution in [3.05, 3.63) is 10.1 Å². The van der Waals surface area contributed by atoms with Gasteiger partial charge in [0.2, 0.25) is 0 Å². The smallest absolute Gasteiger partial charge is 0.300 e. The van der Waals surface area contributed by atoms with Crippen molar-refractivity contribution in [1.82, 2.24) is 0 Å². The van der Waals surface area contributed by atoms with Gasteiger partial charge in [0.05, 0.1) is 0 Å². The average Bonchev–Trinajstić information content (AvgIpc) is 1.25. The summed E-state index contributed by atoms with van der Waals surface area (Å²) in [6.07, 6.45) is 0. The molecule has 78 valence electrons. The number of rotatable bonds is 0. The van der Waals surface area contributed by atoms with E-state index in [0.29, 0.717) is 0 Å². The maximum atomic E-state index is 9.00. The summed E-state index contributed by atoms with van der Waals surface area (Å²) in [7, 11) is 0. The quantitative estimate of drug-likeness (QED) is 0.375. The topological polar surface area (TPSA) is 101 Å². The summed E-state index contributed by atoms with van der Waals surface area (Å²) in [6, 6.07) is 0. The Morgan fingerprint density at radius 1 is 1.45 bits per heavy atom. The normalized spacial score (nSPS) is 4.45. The van der Waals surface area contributed by atoms with Gasteiger partial charge in [0.1, 0.15) is 0 Å². The van der Waals surface area contributed by atoms with Crippen LogP contribution in [0.25, 0.3) is 0 Å². The maximum absolute atomic E-state index is 9.00. The molecule has 2 radical (unpaired) electrons. The van der Waals surface area contributed by atoms with Crippen molar-refractivity contribution < 1.29 is 54.3 Å². The second-order valence-electron chi connectivity index (χ2n) is 0.757. The molecule has 11 heavy (non-hydrogen) atoms. The van der Waals surface area contributed by atoms with Crippen LogP contribution < -0.4 is 0 Å². The first-order valence-electron chi connectivity index (χ1n) is 1.49. The van der Waals surface area contributed by atoms with Crippen molar-refractivity contribution in [3.63, 3.8) is 0 Å². The number of hydrogen-bond acceptors (Lipinski definition) is 3. The van der Waals surface area contributed by atoms with E-state index in [-0.39, 0.29) is 46.5 Å².